The van der Waals surface area contributed by atoms with Gasteiger partial charge in [0.05, 0.1) is 13.2 Å². The number of hydrogen-bond donors (Lipinski definition) is 1. The van der Waals surface area contributed by atoms with Crippen molar-refractivity contribution in [2.75, 3.05) is 20.3 Å². The van der Waals surface area contributed by atoms with Crippen LogP contribution in [0.3, 0.4) is 0 Å². The zero-order chi connectivity index (χ0) is 23.5. The van der Waals surface area contributed by atoms with Gasteiger partial charge in [0.25, 0.3) is 0 Å². The standard InChI is InChI=1S/C26H36N2O4/c1-19(2)26(30)28(18-21-12-14-23(31-5)15-13-21)24(22-10-7-6-8-11-22)25(29)27-16-9-17-32-20(3)4/h6-8,10-15,19-20,24H,9,16-18H2,1-5H3,(H,27,29). The molecular weight excluding hydrogens is 404 g/mol. The molecule has 1 N–H and O–H groups in total. The third kappa shape index (κ3) is 7.68. The SMILES string of the molecule is COc1ccc(CN(C(=O)C(C)C)C(C(=O)NCCCOC(C)C)c2ccccc2)cc1. The van der Waals surface area contributed by atoms with E-state index in [0.29, 0.717) is 26.1 Å². The summed E-state index contributed by atoms with van der Waals surface area (Å²) in [6.45, 7) is 9.07. The molecule has 2 aromatic carbocycles. The van der Waals surface area contributed by atoms with Gasteiger partial charge >= 0.3 is 0 Å². The summed E-state index contributed by atoms with van der Waals surface area (Å²) in [6.07, 6.45) is 0.869. The average molecular weight is 441 g/mol. The molecule has 0 aliphatic carbocycles. The van der Waals surface area contributed by atoms with E-state index in [1.54, 1.807) is 12.0 Å². The molecule has 2 aromatic rings. The summed E-state index contributed by atoms with van der Waals surface area (Å²) in [5.41, 5.74) is 1.71. The molecule has 0 aliphatic heterocycles. The lowest BCUT2D eigenvalue weighted by Gasteiger charge is -2.33. The van der Waals surface area contributed by atoms with Crippen molar-refractivity contribution in [2.45, 2.75) is 52.8 Å². The van der Waals surface area contributed by atoms with Crippen molar-refractivity contribution in [2.24, 2.45) is 5.92 Å². The topological polar surface area (TPSA) is 67.9 Å². The summed E-state index contributed by atoms with van der Waals surface area (Å²) in [7, 11) is 1.62. The summed E-state index contributed by atoms with van der Waals surface area (Å²) in [4.78, 5) is 28.2. The van der Waals surface area contributed by atoms with Crippen molar-refractivity contribution in [1.29, 1.82) is 0 Å². The average Bonchev–Trinajstić information content (AvgIpc) is 2.78. The fourth-order valence-corrected chi connectivity index (χ4v) is 3.36. The number of carbonyl (C=O) groups is 2. The molecule has 0 saturated carbocycles. The van der Waals surface area contributed by atoms with Crippen LogP contribution in [0.1, 0.15) is 51.3 Å². The first-order chi connectivity index (χ1) is 15.3. The van der Waals surface area contributed by atoms with E-state index in [1.165, 1.54) is 0 Å². The highest BCUT2D eigenvalue weighted by atomic mass is 16.5. The first-order valence-electron chi connectivity index (χ1n) is 11.2. The lowest BCUT2D eigenvalue weighted by atomic mass is 10.0. The van der Waals surface area contributed by atoms with Crippen LogP contribution in [0.15, 0.2) is 54.6 Å². The molecule has 0 spiro atoms. The van der Waals surface area contributed by atoms with Crippen LogP contribution in [0, 0.1) is 5.92 Å². The maximum Gasteiger partial charge on any atom is 0.247 e. The molecule has 32 heavy (non-hydrogen) atoms. The summed E-state index contributed by atoms with van der Waals surface area (Å²) >= 11 is 0. The molecule has 0 fully saturated rings. The van der Waals surface area contributed by atoms with Crippen LogP contribution in [0.25, 0.3) is 0 Å². The minimum absolute atomic E-state index is 0.0760. The monoisotopic (exact) mass is 440 g/mol. The fourth-order valence-electron chi connectivity index (χ4n) is 3.36. The number of hydrogen-bond acceptors (Lipinski definition) is 4. The van der Waals surface area contributed by atoms with Gasteiger partial charge in [0, 0.05) is 25.6 Å². The molecule has 2 rings (SSSR count). The van der Waals surface area contributed by atoms with E-state index in [2.05, 4.69) is 5.32 Å². The number of nitrogens with one attached hydrogen (secondary N) is 1. The highest BCUT2D eigenvalue weighted by Gasteiger charge is 2.32. The molecule has 1 unspecified atom stereocenters. The van der Waals surface area contributed by atoms with Gasteiger partial charge in [-0.1, -0.05) is 56.3 Å². The van der Waals surface area contributed by atoms with Crippen LogP contribution in [-0.2, 0) is 20.9 Å². The molecule has 0 aromatic heterocycles. The molecule has 0 saturated heterocycles. The Kier molecular flexibility index (Phi) is 10.2. The number of nitrogens with zero attached hydrogens (tertiary/aromatic N) is 1. The van der Waals surface area contributed by atoms with Crippen LogP contribution in [-0.4, -0.2) is 43.1 Å². The Bertz CT molecular complexity index is 835. The van der Waals surface area contributed by atoms with Gasteiger partial charge in [-0.15, -0.1) is 0 Å². The second-order valence-corrected chi connectivity index (χ2v) is 8.35. The third-order valence-corrected chi connectivity index (χ3v) is 5.04. The van der Waals surface area contributed by atoms with E-state index < -0.39 is 6.04 Å². The molecule has 0 aliphatic rings. The summed E-state index contributed by atoms with van der Waals surface area (Å²) in [5, 5.41) is 3.00. The van der Waals surface area contributed by atoms with E-state index in [9.17, 15) is 9.59 Å². The first kappa shape index (κ1) is 25.4. The van der Waals surface area contributed by atoms with Crippen molar-refractivity contribution in [3.05, 3.63) is 65.7 Å². The van der Waals surface area contributed by atoms with Gasteiger partial charge in [0.1, 0.15) is 11.8 Å². The molecule has 0 radical (unpaired) electrons. The molecule has 2 amide bonds. The van der Waals surface area contributed by atoms with Crippen LogP contribution >= 0.6 is 0 Å². The van der Waals surface area contributed by atoms with E-state index in [1.807, 2.05) is 82.3 Å². The van der Waals surface area contributed by atoms with Crippen molar-refractivity contribution >= 4 is 11.8 Å². The second kappa shape index (κ2) is 12.9. The highest BCUT2D eigenvalue weighted by molar-refractivity contribution is 5.89. The van der Waals surface area contributed by atoms with Gasteiger partial charge in [-0.25, -0.2) is 0 Å². The van der Waals surface area contributed by atoms with Crippen molar-refractivity contribution in [3.63, 3.8) is 0 Å². The highest BCUT2D eigenvalue weighted by Crippen LogP contribution is 2.26. The van der Waals surface area contributed by atoms with Crippen molar-refractivity contribution in [3.8, 4) is 5.75 Å². The largest absolute Gasteiger partial charge is 0.497 e. The number of benzene rings is 2. The van der Waals surface area contributed by atoms with E-state index in [-0.39, 0.29) is 23.8 Å². The smallest absolute Gasteiger partial charge is 0.247 e. The Morgan fingerprint density at radius 1 is 0.969 bits per heavy atom. The van der Waals surface area contributed by atoms with Gasteiger partial charge in [0.2, 0.25) is 11.8 Å². The van der Waals surface area contributed by atoms with Crippen molar-refractivity contribution < 1.29 is 19.1 Å². The van der Waals surface area contributed by atoms with Gasteiger partial charge in [0.15, 0.2) is 0 Å². The first-order valence-corrected chi connectivity index (χ1v) is 11.2. The minimum Gasteiger partial charge on any atom is -0.497 e. The maximum atomic E-state index is 13.3. The quantitative estimate of drug-likeness (QED) is 0.498. The predicted octanol–water partition coefficient (Wildman–Crippen LogP) is 4.35. The molecule has 6 nitrogen and oxygen atoms in total. The summed E-state index contributed by atoms with van der Waals surface area (Å²) in [6, 6.07) is 16.3. The van der Waals surface area contributed by atoms with Crippen molar-refractivity contribution in [1.82, 2.24) is 10.2 Å². The summed E-state index contributed by atoms with van der Waals surface area (Å²) < 4.78 is 10.8. The molecule has 0 bridgehead atoms. The fraction of sp³-hybridized carbons (Fsp3) is 0.462. The van der Waals surface area contributed by atoms with Crippen LogP contribution in [0.5, 0.6) is 5.75 Å². The van der Waals surface area contributed by atoms with Crippen LogP contribution in [0.2, 0.25) is 0 Å². The number of carbonyl (C=O) groups excluding carboxylic acids is 2. The molecule has 6 heteroatoms. The number of amides is 2. The Morgan fingerprint density at radius 3 is 2.19 bits per heavy atom. The van der Waals surface area contributed by atoms with Gasteiger partial charge in [-0.3, -0.25) is 9.59 Å². The number of ether oxygens (including phenoxy) is 2. The lowest BCUT2D eigenvalue weighted by Crippen LogP contribution is -2.45. The maximum absolute atomic E-state index is 13.3. The summed E-state index contributed by atoms with van der Waals surface area (Å²) in [5.74, 6) is 0.236. The second-order valence-electron chi connectivity index (χ2n) is 8.35. The lowest BCUT2D eigenvalue weighted by molar-refractivity contribution is -0.144. The van der Waals surface area contributed by atoms with E-state index in [4.69, 9.17) is 9.47 Å². The Hall–Kier alpha value is -2.86. The third-order valence-electron chi connectivity index (χ3n) is 5.04. The van der Waals surface area contributed by atoms with Gasteiger partial charge in [-0.05, 0) is 43.5 Å². The van der Waals surface area contributed by atoms with E-state index in [0.717, 1.165) is 16.9 Å². The normalized spacial score (nSPS) is 12.0. The molecule has 0 heterocycles. The Morgan fingerprint density at radius 2 is 1.62 bits per heavy atom. The molecule has 174 valence electrons. The van der Waals surface area contributed by atoms with Gasteiger partial charge in [-0.2, -0.15) is 0 Å². The van der Waals surface area contributed by atoms with Crippen LogP contribution < -0.4 is 10.1 Å². The Labute approximate surface area is 191 Å². The number of rotatable bonds is 12. The van der Waals surface area contributed by atoms with E-state index >= 15 is 0 Å². The molecular formula is C26H36N2O4. The van der Waals surface area contributed by atoms with Crippen LogP contribution in [0.4, 0.5) is 0 Å². The minimum atomic E-state index is -0.723. The zero-order valence-corrected chi connectivity index (χ0v) is 19.8. The predicted molar refractivity (Wildman–Crippen MR) is 126 cm³/mol. The van der Waals surface area contributed by atoms with Gasteiger partial charge < -0.3 is 19.7 Å². The number of methoxy groups -OCH3 is 1. The molecule has 1 atom stereocenters. The Balaban J connectivity index is 2.27. The zero-order valence-electron chi connectivity index (χ0n) is 19.8.